The first kappa shape index (κ1) is 20.4. The molecule has 0 aromatic heterocycles. The quantitative estimate of drug-likeness (QED) is 0.559. The van der Waals surface area contributed by atoms with Gasteiger partial charge in [-0.1, -0.05) is 0 Å². The lowest BCUT2D eigenvalue weighted by Gasteiger charge is -2.09. The summed E-state index contributed by atoms with van der Waals surface area (Å²) in [7, 11) is 1.58. The van der Waals surface area contributed by atoms with Crippen molar-refractivity contribution in [3.63, 3.8) is 0 Å². The van der Waals surface area contributed by atoms with E-state index in [1.54, 1.807) is 79.9 Å². The molecule has 0 bridgehead atoms. The molecular formula is C23H20N4O3. The van der Waals surface area contributed by atoms with Crippen LogP contribution >= 0.6 is 0 Å². The van der Waals surface area contributed by atoms with Gasteiger partial charge < -0.3 is 20.7 Å². The van der Waals surface area contributed by atoms with Crippen LogP contribution in [0.1, 0.15) is 15.9 Å². The zero-order valence-corrected chi connectivity index (χ0v) is 16.3. The summed E-state index contributed by atoms with van der Waals surface area (Å²) in [5.74, 6) is 0.262. The van der Waals surface area contributed by atoms with Crippen LogP contribution < -0.4 is 20.7 Å². The minimum absolute atomic E-state index is 0.0669. The van der Waals surface area contributed by atoms with Gasteiger partial charge in [0.1, 0.15) is 5.75 Å². The Morgan fingerprint density at radius 1 is 0.833 bits per heavy atom. The van der Waals surface area contributed by atoms with Crippen molar-refractivity contribution >= 4 is 28.9 Å². The van der Waals surface area contributed by atoms with Crippen molar-refractivity contribution in [1.29, 1.82) is 5.26 Å². The van der Waals surface area contributed by atoms with Gasteiger partial charge in [0.05, 0.1) is 25.3 Å². The number of amides is 2. The van der Waals surface area contributed by atoms with E-state index in [4.69, 9.17) is 10.00 Å². The summed E-state index contributed by atoms with van der Waals surface area (Å²) < 4.78 is 5.09. The number of carbonyl (C=O) groups excluding carboxylic acids is 2. The van der Waals surface area contributed by atoms with Crippen molar-refractivity contribution in [3.05, 3.63) is 83.9 Å². The number of methoxy groups -OCH3 is 1. The van der Waals surface area contributed by atoms with Crippen molar-refractivity contribution in [2.75, 3.05) is 29.6 Å². The second-order valence-corrected chi connectivity index (χ2v) is 6.35. The Morgan fingerprint density at radius 2 is 1.40 bits per heavy atom. The third-order valence-corrected chi connectivity index (χ3v) is 4.25. The third-order valence-electron chi connectivity index (χ3n) is 4.25. The van der Waals surface area contributed by atoms with Crippen LogP contribution in [0.3, 0.4) is 0 Å². The number of carbonyl (C=O) groups is 2. The molecule has 0 spiro atoms. The summed E-state index contributed by atoms with van der Waals surface area (Å²) >= 11 is 0. The summed E-state index contributed by atoms with van der Waals surface area (Å²) in [5.41, 5.74) is 3.03. The minimum Gasteiger partial charge on any atom is -0.497 e. The molecule has 3 rings (SSSR count). The van der Waals surface area contributed by atoms with Gasteiger partial charge in [0, 0.05) is 22.6 Å². The Morgan fingerprint density at radius 3 is 2.00 bits per heavy atom. The number of ether oxygens (including phenoxy) is 1. The van der Waals surface area contributed by atoms with Crippen LogP contribution in [0.5, 0.6) is 5.75 Å². The molecule has 3 aromatic carbocycles. The molecule has 0 saturated heterocycles. The molecule has 0 unspecified atom stereocenters. The highest BCUT2D eigenvalue weighted by molar-refractivity contribution is 6.04. The fraction of sp³-hybridized carbons (Fsp3) is 0.0870. The van der Waals surface area contributed by atoms with Gasteiger partial charge in [-0.15, -0.1) is 0 Å². The number of nitrogens with zero attached hydrogens (tertiary/aromatic N) is 1. The van der Waals surface area contributed by atoms with E-state index in [-0.39, 0.29) is 18.4 Å². The van der Waals surface area contributed by atoms with Crippen LogP contribution in [0.2, 0.25) is 0 Å². The SMILES string of the molecule is COc1ccc(NC(=O)c2ccc(NCC(=O)Nc3ccc(C#N)cc3)cc2)cc1. The van der Waals surface area contributed by atoms with Crippen molar-refractivity contribution in [3.8, 4) is 11.8 Å². The first-order chi connectivity index (χ1) is 14.6. The average Bonchev–Trinajstić information content (AvgIpc) is 2.79. The molecule has 0 saturated carbocycles. The van der Waals surface area contributed by atoms with Gasteiger partial charge in [0.2, 0.25) is 5.91 Å². The summed E-state index contributed by atoms with van der Waals surface area (Å²) in [6.45, 7) is 0.0669. The largest absolute Gasteiger partial charge is 0.497 e. The molecule has 0 radical (unpaired) electrons. The highest BCUT2D eigenvalue weighted by Gasteiger charge is 2.07. The van der Waals surface area contributed by atoms with Gasteiger partial charge in [0.25, 0.3) is 5.91 Å². The maximum absolute atomic E-state index is 12.3. The monoisotopic (exact) mass is 400 g/mol. The molecule has 0 aliphatic carbocycles. The number of rotatable bonds is 7. The normalized spacial score (nSPS) is 9.87. The van der Waals surface area contributed by atoms with Gasteiger partial charge in [-0.2, -0.15) is 5.26 Å². The number of hydrogen-bond donors (Lipinski definition) is 3. The molecule has 150 valence electrons. The van der Waals surface area contributed by atoms with Crippen LogP contribution in [-0.2, 0) is 4.79 Å². The minimum atomic E-state index is -0.231. The summed E-state index contributed by atoms with van der Waals surface area (Å²) in [5, 5.41) is 17.4. The van der Waals surface area contributed by atoms with Gasteiger partial charge in [-0.25, -0.2) is 0 Å². The second-order valence-electron chi connectivity index (χ2n) is 6.35. The van der Waals surface area contributed by atoms with Gasteiger partial charge in [-0.3, -0.25) is 9.59 Å². The van der Waals surface area contributed by atoms with Gasteiger partial charge >= 0.3 is 0 Å². The molecule has 2 amide bonds. The average molecular weight is 400 g/mol. The van der Waals surface area contributed by atoms with Gasteiger partial charge in [-0.05, 0) is 72.8 Å². The first-order valence-corrected chi connectivity index (χ1v) is 9.17. The lowest BCUT2D eigenvalue weighted by Crippen LogP contribution is -2.21. The number of nitrogens with one attached hydrogen (secondary N) is 3. The van der Waals surface area contributed by atoms with Gasteiger partial charge in [0.15, 0.2) is 0 Å². The molecule has 7 heteroatoms. The maximum atomic E-state index is 12.3. The van der Waals surface area contributed by atoms with E-state index in [1.807, 2.05) is 6.07 Å². The first-order valence-electron chi connectivity index (χ1n) is 9.17. The Labute approximate surface area is 174 Å². The van der Waals surface area contributed by atoms with Crippen LogP contribution in [0.4, 0.5) is 17.1 Å². The topological polar surface area (TPSA) is 103 Å². The fourth-order valence-electron chi connectivity index (χ4n) is 2.63. The molecule has 3 aromatic rings. The molecule has 7 nitrogen and oxygen atoms in total. The number of nitriles is 1. The highest BCUT2D eigenvalue weighted by atomic mass is 16.5. The highest BCUT2D eigenvalue weighted by Crippen LogP contribution is 2.17. The smallest absolute Gasteiger partial charge is 0.255 e. The van der Waals surface area contributed by atoms with E-state index < -0.39 is 0 Å². The van der Waals surface area contributed by atoms with E-state index in [1.165, 1.54) is 0 Å². The Hall–Kier alpha value is -4.31. The molecular weight excluding hydrogens is 380 g/mol. The van der Waals surface area contributed by atoms with E-state index in [9.17, 15) is 9.59 Å². The second kappa shape index (κ2) is 9.75. The van der Waals surface area contributed by atoms with E-state index in [0.29, 0.717) is 33.9 Å². The molecule has 30 heavy (non-hydrogen) atoms. The van der Waals surface area contributed by atoms with E-state index >= 15 is 0 Å². The van der Waals surface area contributed by atoms with Crippen LogP contribution in [0, 0.1) is 11.3 Å². The lowest BCUT2D eigenvalue weighted by molar-refractivity contribution is -0.114. The number of benzene rings is 3. The summed E-state index contributed by atoms with van der Waals surface area (Å²) in [4.78, 5) is 24.4. The van der Waals surface area contributed by atoms with Crippen LogP contribution in [0.15, 0.2) is 72.8 Å². The standard InChI is InChI=1S/C23H20N4O3/c1-30-21-12-10-20(11-13-21)27-23(29)17-4-8-18(9-5-17)25-15-22(28)26-19-6-2-16(14-24)3-7-19/h2-13,25H,15H2,1H3,(H,26,28)(H,27,29). The van der Waals surface area contributed by atoms with Crippen LogP contribution in [0.25, 0.3) is 0 Å². The number of hydrogen-bond acceptors (Lipinski definition) is 5. The maximum Gasteiger partial charge on any atom is 0.255 e. The zero-order valence-electron chi connectivity index (χ0n) is 16.3. The van der Waals surface area contributed by atoms with E-state index in [2.05, 4.69) is 16.0 Å². The van der Waals surface area contributed by atoms with E-state index in [0.717, 1.165) is 0 Å². The summed E-state index contributed by atoms with van der Waals surface area (Å²) in [6.07, 6.45) is 0. The predicted molar refractivity (Wildman–Crippen MR) is 116 cm³/mol. The Kier molecular flexibility index (Phi) is 6.64. The third kappa shape index (κ3) is 5.59. The van der Waals surface area contributed by atoms with Crippen LogP contribution in [-0.4, -0.2) is 25.5 Å². The molecule has 3 N–H and O–H groups in total. The van der Waals surface area contributed by atoms with Crippen molar-refractivity contribution in [2.24, 2.45) is 0 Å². The zero-order chi connectivity index (χ0) is 21.3. The van der Waals surface area contributed by atoms with Crippen molar-refractivity contribution in [1.82, 2.24) is 0 Å². The Bertz CT molecular complexity index is 1050. The van der Waals surface area contributed by atoms with Crippen molar-refractivity contribution < 1.29 is 14.3 Å². The molecule has 0 aliphatic rings. The molecule has 0 fully saturated rings. The molecule has 0 heterocycles. The Balaban J connectivity index is 1.50. The van der Waals surface area contributed by atoms with Crippen molar-refractivity contribution in [2.45, 2.75) is 0 Å². The number of anilines is 3. The summed E-state index contributed by atoms with van der Waals surface area (Å²) in [6, 6.07) is 22.5. The molecule has 0 aliphatic heterocycles. The fourth-order valence-corrected chi connectivity index (χ4v) is 2.63. The lowest BCUT2D eigenvalue weighted by atomic mass is 10.2. The molecule has 0 atom stereocenters. The predicted octanol–water partition coefficient (Wildman–Crippen LogP) is 3.87.